The van der Waals surface area contributed by atoms with E-state index < -0.39 is 6.10 Å². The monoisotopic (exact) mass is 172 g/mol. The van der Waals surface area contributed by atoms with Crippen molar-refractivity contribution in [2.24, 2.45) is 0 Å². The van der Waals surface area contributed by atoms with Crippen LogP contribution in [0.15, 0.2) is 24.3 Å². The lowest BCUT2D eigenvalue weighted by Crippen LogP contribution is -1.96. The predicted octanol–water partition coefficient (Wildman–Crippen LogP) is 3.18. The van der Waals surface area contributed by atoms with Gasteiger partial charge in [0.05, 0.1) is 0 Å². The van der Waals surface area contributed by atoms with Crippen LogP contribution in [0.3, 0.4) is 0 Å². The highest BCUT2D eigenvalue weighted by atomic mass is 19.3. The van der Waals surface area contributed by atoms with Crippen molar-refractivity contribution in [3.05, 3.63) is 35.6 Å². The van der Waals surface area contributed by atoms with E-state index in [0.29, 0.717) is 12.0 Å². The third kappa shape index (κ3) is 2.01. The molecule has 1 atom stereocenters. The second kappa shape index (κ2) is 4.16. The summed E-state index contributed by atoms with van der Waals surface area (Å²) < 4.78 is 24.3. The van der Waals surface area contributed by atoms with Gasteiger partial charge in [0.15, 0.2) is 0 Å². The van der Waals surface area contributed by atoms with Crippen LogP contribution < -0.4 is 0 Å². The van der Waals surface area contributed by atoms with E-state index in [4.69, 9.17) is 0 Å². The summed E-state index contributed by atoms with van der Waals surface area (Å²) in [5.41, 5.74) is 0.654. The summed E-state index contributed by atoms with van der Waals surface area (Å²) in [4.78, 5) is 3.70. The van der Waals surface area contributed by atoms with Crippen molar-refractivity contribution >= 4 is 0 Å². The largest absolute Gasteiger partial charge is 0.207 e. The van der Waals surface area contributed by atoms with Crippen molar-refractivity contribution in [3.8, 4) is 0 Å². The van der Waals surface area contributed by atoms with E-state index in [2.05, 4.69) is 4.94 Å². The highest BCUT2D eigenvalue weighted by Gasteiger charge is 2.09. The Morgan fingerprint density at radius 1 is 1.33 bits per heavy atom. The van der Waals surface area contributed by atoms with Gasteiger partial charge < -0.3 is 0 Å². The summed E-state index contributed by atoms with van der Waals surface area (Å²) in [5.74, 6) is -0.326. The van der Waals surface area contributed by atoms with Gasteiger partial charge in [0.2, 0.25) is 0 Å². The Kier molecular flexibility index (Phi) is 3.17. The second-order valence-electron chi connectivity index (χ2n) is 2.54. The Hall–Kier alpha value is -0.960. The minimum Gasteiger partial charge on any atom is -0.207 e. The van der Waals surface area contributed by atoms with Gasteiger partial charge in [-0.25, -0.2) is 4.39 Å². The molecule has 0 amide bonds. The molecule has 3 heteroatoms. The molecule has 66 valence electrons. The van der Waals surface area contributed by atoms with Gasteiger partial charge in [-0.05, 0) is 28.6 Å². The van der Waals surface area contributed by atoms with E-state index >= 15 is 0 Å². The lowest BCUT2D eigenvalue weighted by Gasteiger charge is -2.08. The summed E-state index contributed by atoms with van der Waals surface area (Å²) in [6.45, 7) is 1.80. The molecule has 1 unspecified atom stereocenters. The molecule has 0 spiro atoms. The zero-order chi connectivity index (χ0) is 8.97. The number of rotatable bonds is 3. The molecule has 0 aromatic heterocycles. The van der Waals surface area contributed by atoms with Crippen LogP contribution in [0.1, 0.15) is 25.0 Å². The first kappa shape index (κ1) is 9.13. The molecule has 0 aliphatic carbocycles. The van der Waals surface area contributed by atoms with Crippen LogP contribution in [0.5, 0.6) is 0 Å². The van der Waals surface area contributed by atoms with Crippen LogP contribution in [0, 0.1) is 5.82 Å². The second-order valence-corrected chi connectivity index (χ2v) is 2.54. The lowest BCUT2D eigenvalue weighted by molar-refractivity contribution is -0.182. The van der Waals surface area contributed by atoms with Crippen LogP contribution in [0.2, 0.25) is 0 Å². The van der Waals surface area contributed by atoms with Crippen LogP contribution in [-0.2, 0) is 4.94 Å². The molecule has 1 rings (SSSR count). The fourth-order valence-corrected chi connectivity index (χ4v) is 1.03. The minimum atomic E-state index is -0.578. The van der Waals surface area contributed by atoms with Gasteiger partial charge in [0.25, 0.3) is 0 Å². The molecule has 0 N–H and O–H groups in total. The molecule has 0 radical (unpaired) electrons. The molecule has 0 fully saturated rings. The molecule has 1 aromatic rings. The van der Waals surface area contributed by atoms with E-state index in [1.165, 1.54) is 24.3 Å². The Morgan fingerprint density at radius 3 is 2.33 bits per heavy atom. The number of benzene rings is 1. The molecule has 0 heterocycles. The van der Waals surface area contributed by atoms with E-state index in [-0.39, 0.29) is 5.82 Å². The van der Waals surface area contributed by atoms with Crippen molar-refractivity contribution in [2.75, 3.05) is 0 Å². The molecule has 0 aliphatic heterocycles. The maximum Gasteiger partial charge on any atom is 0.123 e. The molecular weight excluding hydrogens is 162 g/mol. The number of hydrogen-bond acceptors (Lipinski definition) is 1. The molecule has 0 saturated heterocycles. The Morgan fingerprint density at radius 2 is 1.92 bits per heavy atom. The zero-order valence-corrected chi connectivity index (χ0v) is 6.76. The Labute approximate surface area is 69.9 Å². The van der Waals surface area contributed by atoms with E-state index in [1.807, 2.05) is 0 Å². The van der Waals surface area contributed by atoms with Gasteiger partial charge in [-0.15, -0.1) is 0 Å². The molecule has 1 nitrogen and oxygen atoms in total. The highest BCUT2D eigenvalue weighted by Crippen LogP contribution is 2.20. The number of halogens is 2. The quantitative estimate of drug-likeness (QED) is 0.680. The lowest BCUT2D eigenvalue weighted by atomic mass is 10.1. The van der Waals surface area contributed by atoms with Crippen molar-refractivity contribution in [1.29, 1.82) is 0 Å². The van der Waals surface area contributed by atoms with Crippen molar-refractivity contribution < 1.29 is 13.9 Å². The van der Waals surface area contributed by atoms with Crippen molar-refractivity contribution in [3.63, 3.8) is 0 Å². The summed E-state index contributed by atoms with van der Waals surface area (Å²) >= 11 is 0. The average Bonchev–Trinajstić information content (AvgIpc) is 2.10. The first-order chi connectivity index (χ1) is 5.77. The van der Waals surface area contributed by atoms with Crippen molar-refractivity contribution in [1.82, 2.24) is 0 Å². The standard InChI is InChI=1S/C9H10F2O/c1-2-9(12-11)7-3-5-8(10)6-4-7/h3-6,9H,2H2,1H3. The highest BCUT2D eigenvalue weighted by molar-refractivity contribution is 5.18. The van der Waals surface area contributed by atoms with Crippen LogP contribution >= 0.6 is 0 Å². The van der Waals surface area contributed by atoms with Gasteiger partial charge in [0.1, 0.15) is 11.9 Å². The molecule has 12 heavy (non-hydrogen) atoms. The van der Waals surface area contributed by atoms with Crippen molar-refractivity contribution in [2.45, 2.75) is 19.4 Å². The first-order valence-electron chi connectivity index (χ1n) is 3.80. The molecule has 0 bridgehead atoms. The summed E-state index contributed by atoms with van der Waals surface area (Å²) in [6.07, 6.45) is -0.0483. The molecule has 0 saturated carbocycles. The van der Waals surface area contributed by atoms with E-state index in [1.54, 1.807) is 6.92 Å². The third-order valence-electron chi connectivity index (χ3n) is 1.72. The average molecular weight is 172 g/mol. The van der Waals surface area contributed by atoms with Gasteiger partial charge in [-0.2, -0.15) is 4.94 Å². The van der Waals surface area contributed by atoms with Gasteiger partial charge >= 0.3 is 0 Å². The number of hydrogen-bond donors (Lipinski definition) is 0. The first-order valence-corrected chi connectivity index (χ1v) is 3.80. The van der Waals surface area contributed by atoms with E-state index in [0.717, 1.165) is 0 Å². The Balaban J connectivity index is 2.80. The maximum absolute atomic E-state index is 12.4. The summed E-state index contributed by atoms with van der Waals surface area (Å²) in [7, 11) is 0. The maximum atomic E-state index is 12.4. The van der Waals surface area contributed by atoms with E-state index in [9.17, 15) is 8.92 Å². The summed E-state index contributed by atoms with van der Waals surface area (Å²) in [6, 6.07) is 5.61. The van der Waals surface area contributed by atoms with Gasteiger partial charge in [-0.1, -0.05) is 19.1 Å². The van der Waals surface area contributed by atoms with Gasteiger partial charge in [0, 0.05) is 0 Å². The molecule has 1 aromatic carbocycles. The fraction of sp³-hybridized carbons (Fsp3) is 0.333. The topological polar surface area (TPSA) is 9.23 Å². The molecule has 0 aliphatic rings. The predicted molar refractivity (Wildman–Crippen MR) is 41.6 cm³/mol. The van der Waals surface area contributed by atoms with Crippen LogP contribution in [-0.4, -0.2) is 0 Å². The smallest absolute Gasteiger partial charge is 0.123 e. The minimum absolute atomic E-state index is 0.326. The fourth-order valence-electron chi connectivity index (χ4n) is 1.03. The summed E-state index contributed by atoms with van der Waals surface area (Å²) in [5, 5.41) is 0. The zero-order valence-electron chi connectivity index (χ0n) is 6.76. The Bertz CT molecular complexity index is 229. The van der Waals surface area contributed by atoms with Gasteiger partial charge in [-0.3, -0.25) is 0 Å². The third-order valence-corrected chi connectivity index (χ3v) is 1.72. The molecular formula is C9H10F2O. The van der Waals surface area contributed by atoms with Crippen LogP contribution in [0.4, 0.5) is 8.92 Å². The SMILES string of the molecule is CCC(OF)c1ccc(F)cc1. The normalized spacial score (nSPS) is 12.9. The van der Waals surface area contributed by atoms with Crippen LogP contribution in [0.25, 0.3) is 0 Å².